The van der Waals surface area contributed by atoms with Gasteiger partial charge in [-0.3, -0.25) is 0 Å². The number of anilines is 4. The molecule has 0 bridgehead atoms. The average Bonchev–Trinajstić information content (AvgIpc) is 3.09. The van der Waals surface area contributed by atoms with Crippen LogP contribution < -0.4 is 21.5 Å². The summed E-state index contributed by atoms with van der Waals surface area (Å²) >= 11 is 0. The SMILES string of the molecule is Cc1cccc(Nc2nnc(-c3cccc(Oc4cc(N)nc(N)n4)c3)[nH]2)c1. The molecule has 0 atom stereocenters. The van der Waals surface area contributed by atoms with Crippen LogP contribution in [0.5, 0.6) is 11.6 Å². The van der Waals surface area contributed by atoms with E-state index in [4.69, 9.17) is 16.2 Å². The minimum absolute atomic E-state index is 0.0493. The summed E-state index contributed by atoms with van der Waals surface area (Å²) in [6.45, 7) is 2.03. The van der Waals surface area contributed by atoms with Gasteiger partial charge in [-0.25, -0.2) is 0 Å². The number of H-pyrrole nitrogens is 1. The molecule has 9 nitrogen and oxygen atoms in total. The molecule has 4 aromatic rings. The lowest BCUT2D eigenvalue weighted by molar-refractivity contribution is 0.463. The summed E-state index contributed by atoms with van der Waals surface area (Å²) in [6.07, 6.45) is 0. The molecular weight excluding hydrogens is 356 g/mol. The minimum atomic E-state index is 0.0493. The number of benzene rings is 2. The Hall–Kier alpha value is -4.14. The third-order valence-corrected chi connectivity index (χ3v) is 3.84. The fourth-order valence-electron chi connectivity index (χ4n) is 2.65. The maximum atomic E-state index is 5.73. The van der Waals surface area contributed by atoms with Crippen molar-refractivity contribution in [2.75, 3.05) is 16.8 Å². The molecule has 0 saturated carbocycles. The second kappa shape index (κ2) is 7.23. The quantitative estimate of drug-likeness (QED) is 0.417. The molecule has 0 aliphatic rings. The van der Waals surface area contributed by atoms with E-state index in [0.29, 0.717) is 17.5 Å². The number of rotatable bonds is 5. The summed E-state index contributed by atoms with van der Waals surface area (Å²) in [4.78, 5) is 11.0. The van der Waals surface area contributed by atoms with E-state index in [1.807, 2.05) is 49.4 Å². The topological polar surface area (TPSA) is 141 Å². The lowest BCUT2D eigenvalue weighted by Gasteiger charge is -2.07. The molecule has 4 rings (SSSR count). The first-order chi connectivity index (χ1) is 13.5. The summed E-state index contributed by atoms with van der Waals surface area (Å²) in [5.74, 6) is 2.25. The summed E-state index contributed by atoms with van der Waals surface area (Å²) in [5.41, 5.74) is 14.2. The lowest BCUT2D eigenvalue weighted by atomic mass is 10.2. The zero-order valence-corrected chi connectivity index (χ0v) is 15.0. The van der Waals surface area contributed by atoms with Crippen LogP contribution in [0.4, 0.5) is 23.4 Å². The van der Waals surface area contributed by atoms with Gasteiger partial charge in [0.05, 0.1) is 0 Å². The van der Waals surface area contributed by atoms with Crippen molar-refractivity contribution in [1.82, 2.24) is 25.1 Å². The van der Waals surface area contributed by atoms with E-state index < -0.39 is 0 Å². The van der Waals surface area contributed by atoms with Crippen LogP contribution in [0.1, 0.15) is 5.56 Å². The first kappa shape index (κ1) is 17.3. The fraction of sp³-hybridized carbons (Fsp3) is 0.0526. The summed E-state index contributed by atoms with van der Waals surface area (Å²) < 4.78 is 5.73. The molecule has 0 fully saturated rings. The van der Waals surface area contributed by atoms with Crippen molar-refractivity contribution in [3.63, 3.8) is 0 Å². The van der Waals surface area contributed by atoms with Gasteiger partial charge in [-0.15, -0.1) is 10.2 Å². The van der Waals surface area contributed by atoms with Crippen molar-refractivity contribution in [2.24, 2.45) is 0 Å². The minimum Gasteiger partial charge on any atom is -0.439 e. The lowest BCUT2D eigenvalue weighted by Crippen LogP contribution is -2.00. The van der Waals surface area contributed by atoms with Gasteiger partial charge in [-0.2, -0.15) is 9.97 Å². The van der Waals surface area contributed by atoms with Gasteiger partial charge in [0.15, 0.2) is 5.82 Å². The Morgan fingerprint density at radius 2 is 1.82 bits per heavy atom. The molecule has 140 valence electrons. The molecule has 0 amide bonds. The second-order valence-electron chi connectivity index (χ2n) is 6.14. The number of nitrogens with two attached hydrogens (primary N) is 2. The van der Waals surface area contributed by atoms with E-state index in [2.05, 4.69) is 30.5 Å². The van der Waals surface area contributed by atoms with Gasteiger partial charge in [0.2, 0.25) is 17.8 Å². The predicted octanol–water partition coefficient (Wildman–Crippen LogP) is 3.27. The van der Waals surface area contributed by atoms with Crippen LogP contribution in [0.15, 0.2) is 54.6 Å². The van der Waals surface area contributed by atoms with Crippen LogP contribution in [0, 0.1) is 6.92 Å². The van der Waals surface area contributed by atoms with Crippen LogP contribution in [0.2, 0.25) is 0 Å². The highest BCUT2D eigenvalue weighted by Gasteiger charge is 2.09. The molecule has 28 heavy (non-hydrogen) atoms. The number of aromatic amines is 1. The van der Waals surface area contributed by atoms with E-state index >= 15 is 0 Å². The molecule has 6 N–H and O–H groups in total. The number of hydrogen-bond acceptors (Lipinski definition) is 8. The predicted molar refractivity (Wildman–Crippen MR) is 107 cm³/mol. The van der Waals surface area contributed by atoms with Crippen molar-refractivity contribution in [1.29, 1.82) is 0 Å². The largest absolute Gasteiger partial charge is 0.439 e. The van der Waals surface area contributed by atoms with Gasteiger partial charge < -0.3 is 26.5 Å². The van der Waals surface area contributed by atoms with Crippen molar-refractivity contribution < 1.29 is 4.74 Å². The molecule has 9 heteroatoms. The third kappa shape index (κ3) is 3.98. The first-order valence-corrected chi connectivity index (χ1v) is 8.50. The highest BCUT2D eigenvalue weighted by molar-refractivity contribution is 5.61. The number of aromatic nitrogens is 5. The number of aryl methyl sites for hydroxylation is 1. The highest BCUT2D eigenvalue weighted by Crippen LogP contribution is 2.26. The average molecular weight is 374 g/mol. The van der Waals surface area contributed by atoms with Gasteiger partial charge in [0.25, 0.3) is 0 Å². The molecule has 0 unspecified atom stereocenters. The molecule has 0 aliphatic carbocycles. The summed E-state index contributed by atoms with van der Waals surface area (Å²) in [5, 5.41) is 11.5. The van der Waals surface area contributed by atoms with Crippen molar-refractivity contribution in [2.45, 2.75) is 6.92 Å². The maximum absolute atomic E-state index is 5.73. The monoisotopic (exact) mass is 374 g/mol. The molecule has 2 aromatic heterocycles. The van der Waals surface area contributed by atoms with Crippen LogP contribution in [-0.2, 0) is 0 Å². The van der Waals surface area contributed by atoms with Crippen molar-refractivity contribution in [3.8, 4) is 23.0 Å². The van der Waals surface area contributed by atoms with E-state index in [1.54, 1.807) is 6.07 Å². The van der Waals surface area contributed by atoms with Crippen LogP contribution in [-0.4, -0.2) is 25.1 Å². The van der Waals surface area contributed by atoms with Gasteiger partial charge in [0.1, 0.15) is 11.6 Å². The number of nitrogen functional groups attached to an aromatic ring is 2. The Bertz CT molecular complexity index is 1100. The standard InChI is InChI=1S/C19H18N8O/c1-11-4-2-6-13(8-11)22-19-25-17(26-27-19)12-5-3-7-14(9-12)28-16-10-15(20)23-18(21)24-16/h2-10H,1H3,(H4,20,21,23,24)(H2,22,25,26,27). The number of ether oxygens (including phenoxy) is 1. The zero-order chi connectivity index (χ0) is 19.5. The molecule has 0 radical (unpaired) electrons. The Morgan fingerprint density at radius 3 is 2.64 bits per heavy atom. The Morgan fingerprint density at radius 1 is 0.964 bits per heavy atom. The van der Waals surface area contributed by atoms with Gasteiger partial charge >= 0.3 is 0 Å². The van der Waals surface area contributed by atoms with Crippen LogP contribution >= 0.6 is 0 Å². The Balaban J connectivity index is 1.54. The smallest absolute Gasteiger partial charge is 0.226 e. The second-order valence-corrected chi connectivity index (χ2v) is 6.14. The Kier molecular flexibility index (Phi) is 4.47. The van der Waals surface area contributed by atoms with Crippen LogP contribution in [0.25, 0.3) is 11.4 Å². The molecule has 0 aliphatic heterocycles. The molecule has 0 spiro atoms. The highest BCUT2D eigenvalue weighted by atomic mass is 16.5. The summed E-state index contributed by atoms with van der Waals surface area (Å²) in [7, 11) is 0. The van der Waals surface area contributed by atoms with Gasteiger partial charge in [-0.05, 0) is 36.8 Å². The van der Waals surface area contributed by atoms with E-state index in [9.17, 15) is 0 Å². The van der Waals surface area contributed by atoms with E-state index in [0.717, 1.165) is 16.8 Å². The maximum Gasteiger partial charge on any atom is 0.226 e. The normalized spacial score (nSPS) is 10.6. The molecular formula is C19H18N8O. The molecule has 2 heterocycles. The van der Waals surface area contributed by atoms with E-state index in [1.165, 1.54) is 6.07 Å². The van der Waals surface area contributed by atoms with Gasteiger partial charge in [0, 0.05) is 17.3 Å². The number of nitrogens with one attached hydrogen (secondary N) is 2. The number of hydrogen-bond donors (Lipinski definition) is 4. The van der Waals surface area contributed by atoms with E-state index in [-0.39, 0.29) is 17.6 Å². The molecule has 0 saturated heterocycles. The Labute approximate surface area is 160 Å². The number of nitrogens with zero attached hydrogens (tertiary/aromatic N) is 4. The fourth-order valence-corrected chi connectivity index (χ4v) is 2.65. The van der Waals surface area contributed by atoms with Crippen molar-refractivity contribution in [3.05, 3.63) is 60.2 Å². The zero-order valence-electron chi connectivity index (χ0n) is 15.0. The molecule has 2 aromatic carbocycles. The summed E-state index contributed by atoms with van der Waals surface area (Å²) in [6, 6.07) is 16.8. The van der Waals surface area contributed by atoms with Gasteiger partial charge in [-0.1, -0.05) is 24.3 Å². The third-order valence-electron chi connectivity index (χ3n) is 3.84. The van der Waals surface area contributed by atoms with Crippen LogP contribution in [0.3, 0.4) is 0 Å². The van der Waals surface area contributed by atoms with Crippen molar-refractivity contribution >= 4 is 23.4 Å². The first-order valence-electron chi connectivity index (χ1n) is 8.50.